The van der Waals surface area contributed by atoms with Crippen LogP contribution >= 0.6 is 0 Å². The summed E-state index contributed by atoms with van der Waals surface area (Å²) in [7, 11) is 0. The second-order valence-corrected chi connectivity index (χ2v) is 9.29. The molecule has 0 radical (unpaired) electrons. The van der Waals surface area contributed by atoms with Crippen molar-refractivity contribution < 1.29 is 32.6 Å². The molecule has 4 N–H and O–H groups in total. The van der Waals surface area contributed by atoms with E-state index in [0.29, 0.717) is 28.2 Å². The maximum absolute atomic E-state index is 12.2. The number of hydrogen-bond donors (Lipinski definition) is 4. The maximum atomic E-state index is 12.2. The second-order valence-electron chi connectivity index (χ2n) is 9.29. The fourth-order valence-corrected chi connectivity index (χ4v) is 4.21. The van der Waals surface area contributed by atoms with Gasteiger partial charge in [-0.1, -0.05) is 33.1 Å². The molecule has 3 aromatic rings. The van der Waals surface area contributed by atoms with Gasteiger partial charge in [0.05, 0.1) is 17.5 Å². The van der Waals surface area contributed by atoms with E-state index < -0.39 is 18.2 Å². The number of H-pyrrole nitrogens is 1. The molecule has 200 valence electrons. The van der Waals surface area contributed by atoms with Crippen LogP contribution in [-0.4, -0.2) is 39.9 Å². The lowest BCUT2D eigenvalue weighted by Gasteiger charge is -2.22. The van der Waals surface area contributed by atoms with Crippen LogP contribution in [-0.2, 0) is 4.79 Å². The first-order valence-corrected chi connectivity index (χ1v) is 12.1. The minimum absolute atomic E-state index is 0.00995. The number of alkyl halides is 3. The number of anilines is 2. The number of halogens is 3. The average Bonchev–Trinajstić information content (AvgIpc) is 3.21. The van der Waals surface area contributed by atoms with Crippen molar-refractivity contribution in [3.8, 4) is 5.75 Å². The summed E-state index contributed by atoms with van der Waals surface area (Å²) in [4.78, 5) is 29.8. The van der Waals surface area contributed by atoms with Gasteiger partial charge in [-0.3, -0.25) is 9.59 Å². The zero-order valence-electron chi connectivity index (χ0n) is 20.7. The highest BCUT2D eigenvalue weighted by atomic mass is 19.4. The molecule has 0 aliphatic heterocycles. The van der Waals surface area contributed by atoms with Crippen LogP contribution in [0.4, 0.5) is 24.8 Å². The molecule has 1 aromatic heterocycles. The number of fused-ring (bicyclic) bond motifs is 1. The van der Waals surface area contributed by atoms with Crippen LogP contribution in [0.2, 0.25) is 0 Å². The summed E-state index contributed by atoms with van der Waals surface area (Å²) in [5.41, 5.74) is 1.92. The number of carbonyl (C=O) groups excluding carboxylic acids is 1. The number of carbonyl (C=O) groups is 2. The number of benzene rings is 2. The fourth-order valence-electron chi connectivity index (χ4n) is 4.21. The van der Waals surface area contributed by atoms with Gasteiger partial charge in [0, 0.05) is 17.8 Å². The molecule has 0 bridgehead atoms. The standard InChI is InChI=1S/C18H15F3N4O4.C8H16/c19-18(20,21)29-12-4-2-11(3-5-12)23-17-24-13-6-1-10(9-14(13)25-17)16(28)22-8-7-15(26)27;1-7-4-3-5-8(2)6-7/h1-6,9H,7-8H2,(H,22,28)(H,26,27)(H2,23,24,25);7-8H,3-6H2,1-2H3/t;7-,8?/m.1/s1. The van der Waals surface area contributed by atoms with Gasteiger partial charge in [-0.05, 0) is 60.7 Å². The molecule has 2 aromatic carbocycles. The highest BCUT2D eigenvalue weighted by Crippen LogP contribution is 2.28. The molecule has 4 rings (SSSR count). The minimum atomic E-state index is -4.76. The lowest BCUT2D eigenvalue weighted by molar-refractivity contribution is -0.274. The highest BCUT2D eigenvalue weighted by molar-refractivity contribution is 5.97. The number of nitrogens with one attached hydrogen (secondary N) is 3. The Morgan fingerprint density at radius 1 is 1.11 bits per heavy atom. The lowest BCUT2D eigenvalue weighted by atomic mass is 9.84. The van der Waals surface area contributed by atoms with Crippen LogP contribution in [0.15, 0.2) is 42.5 Å². The summed E-state index contributed by atoms with van der Waals surface area (Å²) in [5, 5.41) is 14.0. The number of hydrogen-bond acceptors (Lipinski definition) is 5. The largest absolute Gasteiger partial charge is 0.573 e. The summed E-state index contributed by atoms with van der Waals surface area (Å²) in [5.74, 6) is 0.581. The van der Waals surface area contributed by atoms with Gasteiger partial charge in [0.2, 0.25) is 5.95 Å². The van der Waals surface area contributed by atoms with Crippen LogP contribution in [0, 0.1) is 11.8 Å². The number of imidazole rings is 1. The molecule has 8 nitrogen and oxygen atoms in total. The third-order valence-electron chi connectivity index (χ3n) is 5.92. The van der Waals surface area contributed by atoms with Crippen molar-refractivity contribution in [2.24, 2.45) is 11.8 Å². The molecule has 1 fully saturated rings. The Labute approximate surface area is 212 Å². The average molecular weight is 521 g/mol. The van der Waals surface area contributed by atoms with Gasteiger partial charge in [0.1, 0.15) is 5.75 Å². The Morgan fingerprint density at radius 3 is 2.35 bits per heavy atom. The van der Waals surface area contributed by atoms with Gasteiger partial charge in [0.15, 0.2) is 0 Å². The molecule has 1 saturated carbocycles. The molecular formula is C26H31F3N4O4. The number of rotatable bonds is 7. The number of aromatic nitrogens is 2. The summed E-state index contributed by atoms with van der Waals surface area (Å²) in [6.07, 6.45) is 0.960. The van der Waals surface area contributed by atoms with E-state index in [1.165, 1.54) is 37.8 Å². The molecular weight excluding hydrogens is 489 g/mol. The summed E-state index contributed by atoms with van der Waals surface area (Å²) < 4.78 is 40.4. The van der Waals surface area contributed by atoms with E-state index in [4.69, 9.17) is 5.11 Å². The Hall–Kier alpha value is -3.76. The molecule has 1 heterocycles. The van der Waals surface area contributed by atoms with E-state index in [1.54, 1.807) is 18.2 Å². The Kier molecular flexibility index (Phi) is 9.37. The molecule has 1 aliphatic carbocycles. The highest BCUT2D eigenvalue weighted by Gasteiger charge is 2.31. The maximum Gasteiger partial charge on any atom is 0.573 e. The van der Waals surface area contributed by atoms with Gasteiger partial charge in [-0.15, -0.1) is 13.2 Å². The molecule has 0 saturated heterocycles. The number of aliphatic carboxylic acids is 1. The van der Waals surface area contributed by atoms with E-state index >= 15 is 0 Å². The quantitative estimate of drug-likeness (QED) is 0.293. The minimum Gasteiger partial charge on any atom is -0.481 e. The van der Waals surface area contributed by atoms with E-state index in [-0.39, 0.29) is 18.7 Å². The topological polar surface area (TPSA) is 116 Å². The molecule has 1 aliphatic rings. The first-order chi connectivity index (χ1) is 17.5. The molecule has 1 unspecified atom stereocenters. The molecule has 0 spiro atoms. The zero-order valence-corrected chi connectivity index (χ0v) is 20.7. The van der Waals surface area contributed by atoms with Crippen LogP contribution in [0.3, 0.4) is 0 Å². The van der Waals surface area contributed by atoms with Crippen molar-refractivity contribution in [3.63, 3.8) is 0 Å². The first kappa shape index (κ1) is 27.8. The third-order valence-corrected chi connectivity index (χ3v) is 5.92. The predicted octanol–water partition coefficient (Wildman–Crippen LogP) is 6.24. The Balaban J connectivity index is 0.000000405. The number of ether oxygens (including phenoxy) is 1. The molecule has 1 amide bonds. The summed E-state index contributed by atoms with van der Waals surface area (Å²) in [6, 6.07) is 9.85. The van der Waals surface area contributed by atoms with Crippen molar-refractivity contribution >= 4 is 34.5 Å². The van der Waals surface area contributed by atoms with Gasteiger partial charge < -0.3 is 25.5 Å². The van der Waals surface area contributed by atoms with E-state index in [0.717, 1.165) is 24.0 Å². The molecule has 37 heavy (non-hydrogen) atoms. The number of nitrogens with zero attached hydrogens (tertiary/aromatic N) is 1. The van der Waals surface area contributed by atoms with Crippen LogP contribution in [0.5, 0.6) is 5.75 Å². The van der Waals surface area contributed by atoms with Crippen molar-refractivity contribution in [2.45, 2.75) is 52.3 Å². The Bertz CT molecular complexity index is 1190. The number of carboxylic acid groups (broad SMARTS) is 1. The second kappa shape index (κ2) is 12.5. The van der Waals surface area contributed by atoms with Gasteiger partial charge in [-0.25, -0.2) is 4.98 Å². The Morgan fingerprint density at radius 2 is 1.78 bits per heavy atom. The fraction of sp³-hybridized carbons (Fsp3) is 0.423. The van der Waals surface area contributed by atoms with E-state index in [1.807, 2.05) is 0 Å². The van der Waals surface area contributed by atoms with Crippen LogP contribution in [0.1, 0.15) is 56.3 Å². The number of amides is 1. The van der Waals surface area contributed by atoms with Crippen molar-refractivity contribution in [3.05, 3.63) is 48.0 Å². The SMILES string of the molecule is CC1CCC[C@@H](C)C1.O=C(O)CCNC(=O)c1ccc2nc(Nc3ccc(OC(F)(F)F)cc3)[nH]c2c1. The van der Waals surface area contributed by atoms with Gasteiger partial charge in [0.25, 0.3) is 5.91 Å². The van der Waals surface area contributed by atoms with Crippen molar-refractivity contribution in [1.82, 2.24) is 15.3 Å². The smallest absolute Gasteiger partial charge is 0.481 e. The van der Waals surface area contributed by atoms with Gasteiger partial charge >= 0.3 is 12.3 Å². The zero-order chi connectivity index (χ0) is 27.0. The van der Waals surface area contributed by atoms with E-state index in [2.05, 4.69) is 39.2 Å². The van der Waals surface area contributed by atoms with Crippen LogP contribution in [0.25, 0.3) is 11.0 Å². The summed E-state index contributed by atoms with van der Waals surface area (Å²) in [6.45, 7) is 4.75. The van der Waals surface area contributed by atoms with Crippen LogP contribution < -0.4 is 15.4 Å². The third kappa shape index (κ3) is 9.32. The summed E-state index contributed by atoms with van der Waals surface area (Å²) >= 11 is 0. The predicted molar refractivity (Wildman–Crippen MR) is 134 cm³/mol. The lowest BCUT2D eigenvalue weighted by Crippen LogP contribution is -2.25. The monoisotopic (exact) mass is 520 g/mol. The number of carboxylic acids is 1. The van der Waals surface area contributed by atoms with E-state index in [9.17, 15) is 22.8 Å². The van der Waals surface area contributed by atoms with Gasteiger partial charge in [-0.2, -0.15) is 0 Å². The first-order valence-electron chi connectivity index (χ1n) is 12.1. The molecule has 11 heteroatoms. The normalized spacial score (nSPS) is 17.4. The van der Waals surface area contributed by atoms with Crippen molar-refractivity contribution in [1.29, 1.82) is 0 Å². The number of aromatic amines is 1. The van der Waals surface area contributed by atoms with Crippen molar-refractivity contribution in [2.75, 3.05) is 11.9 Å². The molecule has 2 atom stereocenters.